The topological polar surface area (TPSA) is 75.4 Å². The smallest absolute Gasteiger partial charge is 0.290 e. The van der Waals surface area contributed by atoms with Crippen LogP contribution in [0.5, 0.6) is 0 Å². The fourth-order valence-electron chi connectivity index (χ4n) is 1.59. The summed E-state index contributed by atoms with van der Waals surface area (Å²) in [7, 11) is 0. The van der Waals surface area contributed by atoms with Crippen LogP contribution >= 0.6 is 0 Å². The molecule has 1 heterocycles. The van der Waals surface area contributed by atoms with Crippen LogP contribution in [0.15, 0.2) is 34.9 Å². The molecule has 0 saturated carbocycles. The average Bonchev–Trinajstić information content (AvgIpc) is 2.90. The highest BCUT2D eigenvalue weighted by Gasteiger charge is 2.10. The van der Waals surface area contributed by atoms with Crippen LogP contribution in [-0.2, 0) is 6.54 Å². The normalized spacial score (nSPS) is 9.70. The lowest BCUT2D eigenvalue weighted by atomic mass is 10.1. The van der Waals surface area contributed by atoms with E-state index >= 15 is 0 Å². The van der Waals surface area contributed by atoms with Gasteiger partial charge in [0.1, 0.15) is 6.61 Å². The van der Waals surface area contributed by atoms with Crippen molar-refractivity contribution in [3.63, 3.8) is 0 Å². The van der Waals surface area contributed by atoms with Gasteiger partial charge in [-0.15, -0.1) is 0 Å². The SMILES string of the molecule is Cc1cc(C(=O)NCc2ccc(C#CCO)cc2)on1. The molecule has 102 valence electrons. The van der Waals surface area contributed by atoms with E-state index in [-0.39, 0.29) is 18.3 Å². The summed E-state index contributed by atoms with van der Waals surface area (Å²) in [6.07, 6.45) is 0. The fraction of sp³-hybridized carbons (Fsp3) is 0.200. The van der Waals surface area contributed by atoms with Gasteiger partial charge in [-0.3, -0.25) is 4.79 Å². The molecule has 5 heteroatoms. The van der Waals surface area contributed by atoms with Crippen LogP contribution in [0.1, 0.15) is 27.4 Å². The number of amides is 1. The maximum atomic E-state index is 11.7. The average molecular weight is 270 g/mol. The number of benzene rings is 1. The van der Waals surface area contributed by atoms with Crippen LogP contribution in [0, 0.1) is 18.8 Å². The second kappa shape index (κ2) is 6.55. The predicted octanol–water partition coefficient (Wildman–Crippen LogP) is 1.26. The van der Waals surface area contributed by atoms with Crippen LogP contribution in [0.25, 0.3) is 0 Å². The van der Waals surface area contributed by atoms with Crippen molar-refractivity contribution in [3.05, 3.63) is 52.9 Å². The molecule has 0 fully saturated rings. The maximum Gasteiger partial charge on any atom is 0.290 e. The fourth-order valence-corrected chi connectivity index (χ4v) is 1.59. The summed E-state index contributed by atoms with van der Waals surface area (Å²) in [5, 5.41) is 15.0. The van der Waals surface area contributed by atoms with Gasteiger partial charge < -0.3 is 14.9 Å². The van der Waals surface area contributed by atoms with Crippen molar-refractivity contribution >= 4 is 5.91 Å². The van der Waals surface area contributed by atoms with E-state index in [0.717, 1.165) is 11.1 Å². The summed E-state index contributed by atoms with van der Waals surface area (Å²) in [5.74, 6) is 5.28. The predicted molar refractivity (Wildman–Crippen MR) is 72.8 cm³/mol. The molecule has 0 aliphatic heterocycles. The van der Waals surface area contributed by atoms with Gasteiger partial charge in [0.2, 0.25) is 5.76 Å². The third kappa shape index (κ3) is 3.70. The van der Waals surface area contributed by atoms with E-state index < -0.39 is 0 Å². The number of nitrogens with zero attached hydrogens (tertiary/aromatic N) is 1. The van der Waals surface area contributed by atoms with Gasteiger partial charge in [-0.05, 0) is 24.6 Å². The Bertz CT molecular complexity index is 648. The van der Waals surface area contributed by atoms with Crippen LogP contribution in [0.4, 0.5) is 0 Å². The molecule has 20 heavy (non-hydrogen) atoms. The first kappa shape index (κ1) is 13.8. The zero-order valence-electron chi connectivity index (χ0n) is 11.0. The van der Waals surface area contributed by atoms with Gasteiger partial charge in [-0.1, -0.05) is 29.1 Å². The molecule has 0 spiro atoms. The highest BCUT2D eigenvalue weighted by atomic mass is 16.5. The van der Waals surface area contributed by atoms with Crippen molar-refractivity contribution in [1.82, 2.24) is 10.5 Å². The molecule has 1 aromatic carbocycles. The monoisotopic (exact) mass is 270 g/mol. The molecular formula is C15H14N2O3. The third-order valence-corrected chi connectivity index (χ3v) is 2.57. The van der Waals surface area contributed by atoms with E-state index in [0.29, 0.717) is 12.2 Å². The molecule has 0 saturated heterocycles. The molecule has 5 nitrogen and oxygen atoms in total. The van der Waals surface area contributed by atoms with Crippen LogP contribution in [0.3, 0.4) is 0 Å². The van der Waals surface area contributed by atoms with Crippen molar-refractivity contribution in [2.45, 2.75) is 13.5 Å². The zero-order chi connectivity index (χ0) is 14.4. The Morgan fingerprint density at radius 1 is 1.40 bits per heavy atom. The summed E-state index contributed by atoms with van der Waals surface area (Å²) in [4.78, 5) is 11.7. The van der Waals surface area contributed by atoms with Gasteiger partial charge in [-0.25, -0.2) is 0 Å². The van der Waals surface area contributed by atoms with Crippen LogP contribution < -0.4 is 5.32 Å². The highest BCUT2D eigenvalue weighted by molar-refractivity contribution is 5.91. The molecular weight excluding hydrogens is 256 g/mol. The molecule has 2 rings (SSSR count). The summed E-state index contributed by atoms with van der Waals surface area (Å²) in [6, 6.07) is 9.00. The van der Waals surface area contributed by atoms with Crippen molar-refractivity contribution in [3.8, 4) is 11.8 Å². The number of aliphatic hydroxyl groups is 1. The Balaban J connectivity index is 1.92. The number of aliphatic hydroxyl groups excluding tert-OH is 1. The van der Waals surface area contributed by atoms with Crippen molar-refractivity contribution in [2.75, 3.05) is 6.61 Å². The van der Waals surface area contributed by atoms with Crippen LogP contribution in [-0.4, -0.2) is 22.8 Å². The standard InChI is InChI=1S/C15H14N2O3/c1-11-9-14(20-17-11)15(19)16-10-13-6-4-12(5-7-13)3-2-8-18/h4-7,9,18H,8,10H2,1H3,(H,16,19). The van der Waals surface area contributed by atoms with E-state index in [4.69, 9.17) is 9.63 Å². The largest absolute Gasteiger partial charge is 0.384 e. The Morgan fingerprint density at radius 3 is 2.75 bits per heavy atom. The first-order valence-electron chi connectivity index (χ1n) is 6.09. The number of carbonyl (C=O) groups is 1. The molecule has 0 aliphatic carbocycles. The number of rotatable bonds is 3. The first-order valence-corrected chi connectivity index (χ1v) is 6.09. The molecule has 2 N–H and O–H groups in total. The lowest BCUT2D eigenvalue weighted by Crippen LogP contribution is -2.22. The summed E-state index contributed by atoms with van der Waals surface area (Å²) < 4.78 is 4.87. The van der Waals surface area contributed by atoms with Crippen molar-refractivity contribution in [1.29, 1.82) is 0 Å². The summed E-state index contributed by atoms with van der Waals surface area (Å²) in [6.45, 7) is 1.99. The lowest BCUT2D eigenvalue weighted by Gasteiger charge is -2.03. The lowest BCUT2D eigenvalue weighted by molar-refractivity contribution is 0.0914. The molecule has 1 aromatic heterocycles. The molecule has 0 radical (unpaired) electrons. The Hall–Kier alpha value is -2.58. The van der Waals surface area contributed by atoms with Gasteiger partial charge in [0.15, 0.2) is 0 Å². The summed E-state index contributed by atoms with van der Waals surface area (Å²) in [5.41, 5.74) is 2.44. The molecule has 0 unspecified atom stereocenters. The second-order valence-electron chi connectivity index (χ2n) is 4.17. The van der Waals surface area contributed by atoms with Gasteiger partial charge >= 0.3 is 0 Å². The quantitative estimate of drug-likeness (QED) is 0.823. The third-order valence-electron chi connectivity index (χ3n) is 2.57. The van der Waals surface area contributed by atoms with Gasteiger partial charge in [-0.2, -0.15) is 0 Å². The van der Waals surface area contributed by atoms with Gasteiger partial charge in [0.05, 0.1) is 5.69 Å². The Labute approximate surface area is 116 Å². The molecule has 0 atom stereocenters. The number of aromatic nitrogens is 1. The zero-order valence-corrected chi connectivity index (χ0v) is 11.0. The minimum absolute atomic E-state index is 0.158. The number of hydrogen-bond donors (Lipinski definition) is 2. The minimum Gasteiger partial charge on any atom is -0.384 e. The van der Waals surface area contributed by atoms with E-state index in [1.165, 1.54) is 0 Å². The van der Waals surface area contributed by atoms with Crippen molar-refractivity contribution in [2.24, 2.45) is 0 Å². The summed E-state index contributed by atoms with van der Waals surface area (Å²) >= 11 is 0. The molecule has 2 aromatic rings. The van der Waals surface area contributed by atoms with Crippen LogP contribution in [0.2, 0.25) is 0 Å². The highest BCUT2D eigenvalue weighted by Crippen LogP contribution is 2.05. The van der Waals surface area contributed by atoms with E-state index in [9.17, 15) is 4.79 Å². The Morgan fingerprint density at radius 2 is 2.15 bits per heavy atom. The molecule has 1 amide bonds. The maximum absolute atomic E-state index is 11.7. The second-order valence-corrected chi connectivity index (χ2v) is 4.17. The number of carbonyl (C=O) groups excluding carboxylic acids is 1. The number of hydrogen-bond acceptors (Lipinski definition) is 4. The van der Waals surface area contributed by atoms with E-state index in [1.54, 1.807) is 13.0 Å². The number of nitrogens with one attached hydrogen (secondary N) is 1. The van der Waals surface area contributed by atoms with Crippen molar-refractivity contribution < 1.29 is 14.4 Å². The molecule has 0 aliphatic rings. The number of aryl methyl sites for hydroxylation is 1. The minimum atomic E-state index is -0.297. The van der Waals surface area contributed by atoms with E-state index in [2.05, 4.69) is 22.3 Å². The first-order chi connectivity index (χ1) is 9.69. The Kier molecular flexibility index (Phi) is 4.53. The molecule has 0 bridgehead atoms. The van der Waals surface area contributed by atoms with Gasteiger partial charge in [0.25, 0.3) is 5.91 Å². The van der Waals surface area contributed by atoms with Gasteiger partial charge in [0, 0.05) is 18.2 Å². The van der Waals surface area contributed by atoms with E-state index in [1.807, 2.05) is 24.3 Å².